The lowest BCUT2D eigenvalue weighted by Gasteiger charge is -2.36. The zero-order valence-corrected chi connectivity index (χ0v) is 12.4. The Morgan fingerprint density at radius 2 is 2.32 bits per heavy atom. The molecule has 6 nitrogen and oxygen atoms in total. The van der Waals surface area contributed by atoms with E-state index in [1.54, 1.807) is 6.20 Å². The highest BCUT2D eigenvalue weighted by atomic mass is 16.2. The normalized spacial score (nSPS) is 20.9. The zero-order valence-electron chi connectivity index (χ0n) is 12.4. The molecule has 1 amide bonds. The third-order valence-corrected chi connectivity index (χ3v) is 4.58. The van der Waals surface area contributed by atoms with Crippen LogP contribution in [-0.4, -0.2) is 45.6 Å². The highest BCUT2D eigenvalue weighted by Crippen LogP contribution is 2.27. The van der Waals surface area contributed by atoms with Crippen molar-refractivity contribution in [3.8, 4) is 0 Å². The first-order valence-corrected chi connectivity index (χ1v) is 7.82. The molecule has 1 unspecified atom stereocenters. The van der Waals surface area contributed by atoms with Crippen LogP contribution in [0.2, 0.25) is 0 Å². The summed E-state index contributed by atoms with van der Waals surface area (Å²) in [5.41, 5.74) is 3.93. The Morgan fingerprint density at radius 3 is 3.18 bits per heavy atom. The van der Waals surface area contributed by atoms with Crippen molar-refractivity contribution in [2.24, 2.45) is 0 Å². The van der Waals surface area contributed by atoms with Crippen molar-refractivity contribution in [1.82, 2.24) is 25.4 Å². The highest BCUT2D eigenvalue weighted by Gasteiger charge is 2.32. The number of carbonyl (C=O) groups excluding carboxylic acids is 1. The first-order valence-electron chi connectivity index (χ1n) is 7.82. The van der Waals surface area contributed by atoms with Crippen molar-refractivity contribution in [2.75, 3.05) is 19.6 Å². The maximum Gasteiger partial charge on any atom is 0.275 e. The molecule has 4 rings (SSSR count). The average Bonchev–Trinajstić information content (AvgIpc) is 3.18. The Hall–Kier alpha value is -2.21. The zero-order chi connectivity index (χ0) is 14.9. The summed E-state index contributed by atoms with van der Waals surface area (Å²) in [6.07, 6.45) is 6.66. The van der Waals surface area contributed by atoms with Gasteiger partial charge in [-0.1, -0.05) is 6.07 Å². The Bertz CT molecular complexity index is 681. The van der Waals surface area contributed by atoms with E-state index in [4.69, 9.17) is 0 Å². The van der Waals surface area contributed by atoms with E-state index in [2.05, 4.69) is 20.5 Å². The Balaban J connectivity index is 1.65. The maximum atomic E-state index is 13.0. The van der Waals surface area contributed by atoms with Crippen LogP contribution < -0.4 is 5.32 Å². The molecular weight excluding hydrogens is 278 g/mol. The van der Waals surface area contributed by atoms with Gasteiger partial charge in [0.25, 0.3) is 5.91 Å². The van der Waals surface area contributed by atoms with Gasteiger partial charge in [-0.2, -0.15) is 5.10 Å². The molecule has 22 heavy (non-hydrogen) atoms. The smallest absolute Gasteiger partial charge is 0.275 e. The quantitative estimate of drug-likeness (QED) is 0.870. The van der Waals surface area contributed by atoms with Gasteiger partial charge in [-0.05, 0) is 30.9 Å². The van der Waals surface area contributed by atoms with E-state index in [1.165, 1.54) is 0 Å². The fourth-order valence-corrected chi connectivity index (χ4v) is 3.45. The molecule has 2 aromatic heterocycles. The van der Waals surface area contributed by atoms with E-state index in [1.807, 2.05) is 23.2 Å². The minimum absolute atomic E-state index is 0.0173. The van der Waals surface area contributed by atoms with E-state index in [0.29, 0.717) is 12.2 Å². The van der Waals surface area contributed by atoms with Crippen molar-refractivity contribution < 1.29 is 4.79 Å². The number of piperazine rings is 1. The number of nitrogens with zero attached hydrogens (tertiary/aromatic N) is 3. The van der Waals surface area contributed by atoms with E-state index in [0.717, 1.165) is 49.2 Å². The van der Waals surface area contributed by atoms with Gasteiger partial charge in [-0.15, -0.1) is 0 Å². The van der Waals surface area contributed by atoms with E-state index >= 15 is 0 Å². The third kappa shape index (κ3) is 2.20. The fraction of sp³-hybridized carbons (Fsp3) is 0.438. The number of H-pyrrole nitrogens is 1. The number of aromatic nitrogens is 3. The van der Waals surface area contributed by atoms with Gasteiger partial charge in [-0.25, -0.2) is 0 Å². The standard InChI is InChI=1S/C16H19N5O/c22-16(15-12-4-1-5-13(12)19-20-15)21-8-7-18-10-14(21)11-3-2-6-17-9-11/h2-3,6,9,14,18H,1,4-5,7-8,10H2,(H,19,20). The van der Waals surface area contributed by atoms with Crippen molar-refractivity contribution in [3.05, 3.63) is 47.0 Å². The summed E-state index contributed by atoms with van der Waals surface area (Å²) in [6, 6.07) is 3.96. The average molecular weight is 297 g/mol. The van der Waals surface area contributed by atoms with Gasteiger partial charge in [0, 0.05) is 43.3 Å². The van der Waals surface area contributed by atoms with Crippen molar-refractivity contribution >= 4 is 5.91 Å². The summed E-state index contributed by atoms with van der Waals surface area (Å²) >= 11 is 0. The van der Waals surface area contributed by atoms with Crippen LogP contribution in [0.5, 0.6) is 0 Å². The summed E-state index contributed by atoms with van der Waals surface area (Å²) in [5, 5.41) is 10.7. The molecule has 3 heterocycles. The van der Waals surface area contributed by atoms with E-state index in [-0.39, 0.29) is 11.9 Å². The van der Waals surface area contributed by atoms with Gasteiger partial charge in [0.15, 0.2) is 5.69 Å². The molecule has 1 aliphatic heterocycles. The number of pyridine rings is 1. The summed E-state index contributed by atoms with van der Waals surface area (Å²) in [6.45, 7) is 2.26. The lowest BCUT2D eigenvalue weighted by Crippen LogP contribution is -2.49. The van der Waals surface area contributed by atoms with Crippen molar-refractivity contribution in [1.29, 1.82) is 0 Å². The second kappa shape index (κ2) is 5.53. The van der Waals surface area contributed by atoms with Gasteiger partial charge in [0.2, 0.25) is 0 Å². The molecule has 0 radical (unpaired) electrons. The number of hydrogen-bond donors (Lipinski definition) is 2. The maximum absolute atomic E-state index is 13.0. The number of fused-ring (bicyclic) bond motifs is 1. The lowest BCUT2D eigenvalue weighted by atomic mass is 10.0. The lowest BCUT2D eigenvalue weighted by molar-refractivity contribution is 0.0626. The molecule has 2 aliphatic rings. The number of hydrogen-bond acceptors (Lipinski definition) is 4. The summed E-state index contributed by atoms with van der Waals surface area (Å²) in [7, 11) is 0. The summed E-state index contributed by atoms with van der Waals surface area (Å²) in [4.78, 5) is 19.1. The summed E-state index contributed by atoms with van der Waals surface area (Å²) in [5.74, 6) is 0.0368. The topological polar surface area (TPSA) is 73.9 Å². The van der Waals surface area contributed by atoms with Gasteiger partial charge in [-0.3, -0.25) is 14.9 Å². The van der Waals surface area contributed by atoms with Gasteiger partial charge in [0.05, 0.1) is 6.04 Å². The van der Waals surface area contributed by atoms with Crippen molar-refractivity contribution in [3.63, 3.8) is 0 Å². The third-order valence-electron chi connectivity index (χ3n) is 4.58. The minimum atomic E-state index is 0.0173. The number of aryl methyl sites for hydroxylation is 1. The molecular formula is C16H19N5O. The first-order chi connectivity index (χ1) is 10.8. The van der Waals surface area contributed by atoms with Gasteiger partial charge < -0.3 is 10.2 Å². The van der Waals surface area contributed by atoms with Crippen LogP contribution >= 0.6 is 0 Å². The van der Waals surface area contributed by atoms with E-state index < -0.39 is 0 Å². The van der Waals surface area contributed by atoms with Crippen LogP contribution in [0.15, 0.2) is 24.5 Å². The molecule has 1 fully saturated rings. The van der Waals surface area contributed by atoms with Crippen LogP contribution in [0.3, 0.4) is 0 Å². The molecule has 0 aromatic carbocycles. The number of nitrogens with one attached hydrogen (secondary N) is 2. The monoisotopic (exact) mass is 297 g/mol. The van der Waals surface area contributed by atoms with Gasteiger partial charge in [0.1, 0.15) is 0 Å². The molecule has 2 aromatic rings. The Labute approximate surface area is 128 Å². The second-order valence-electron chi connectivity index (χ2n) is 5.89. The largest absolute Gasteiger partial charge is 0.328 e. The molecule has 1 atom stereocenters. The number of carbonyl (C=O) groups is 1. The first kappa shape index (κ1) is 13.5. The SMILES string of the molecule is O=C(c1n[nH]c2c1CCC2)N1CCNCC1c1cccnc1. The number of rotatable bonds is 2. The van der Waals surface area contributed by atoms with Crippen LogP contribution in [0.25, 0.3) is 0 Å². The Morgan fingerprint density at radius 1 is 1.36 bits per heavy atom. The molecule has 0 bridgehead atoms. The fourth-order valence-electron chi connectivity index (χ4n) is 3.45. The second-order valence-corrected chi connectivity index (χ2v) is 5.89. The molecule has 2 N–H and O–H groups in total. The van der Waals surface area contributed by atoms with Crippen molar-refractivity contribution in [2.45, 2.75) is 25.3 Å². The predicted molar refractivity (Wildman–Crippen MR) is 81.5 cm³/mol. The molecule has 114 valence electrons. The molecule has 0 saturated carbocycles. The predicted octanol–water partition coefficient (Wildman–Crippen LogP) is 1.08. The van der Waals surface area contributed by atoms with Crippen LogP contribution in [0.4, 0.5) is 0 Å². The minimum Gasteiger partial charge on any atom is -0.328 e. The Kier molecular flexibility index (Phi) is 3.38. The molecule has 1 saturated heterocycles. The van der Waals surface area contributed by atoms with Gasteiger partial charge >= 0.3 is 0 Å². The summed E-state index contributed by atoms with van der Waals surface area (Å²) < 4.78 is 0. The highest BCUT2D eigenvalue weighted by molar-refractivity contribution is 5.94. The molecule has 1 aliphatic carbocycles. The van der Waals surface area contributed by atoms with E-state index in [9.17, 15) is 4.79 Å². The molecule has 6 heteroatoms. The van der Waals surface area contributed by atoms with Crippen LogP contribution in [0.1, 0.15) is 39.8 Å². The molecule has 0 spiro atoms. The van der Waals surface area contributed by atoms with Crippen LogP contribution in [0, 0.1) is 0 Å². The van der Waals surface area contributed by atoms with Crippen LogP contribution in [-0.2, 0) is 12.8 Å². The number of aromatic amines is 1. The number of amides is 1.